The lowest BCUT2D eigenvalue weighted by Crippen LogP contribution is -2.29. The van der Waals surface area contributed by atoms with Crippen LogP contribution in [0.15, 0.2) is 52.3 Å². The third kappa shape index (κ3) is 5.08. The van der Waals surface area contributed by atoms with Crippen LogP contribution in [0.25, 0.3) is 11.7 Å². The largest absolute Gasteiger partial charge is 0.438 e. The number of fused-ring (bicyclic) bond motifs is 1. The molecule has 1 aliphatic rings. The minimum atomic E-state index is -0.301. The average Bonchev–Trinajstić information content (AvgIpc) is 3.07. The topological polar surface area (TPSA) is 63.9 Å². The van der Waals surface area contributed by atoms with Gasteiger partial charge in [-0.15, -0.1) is 0 Å². The van der Waals surface area contributed by atoms with Gasteiger partial charge in [-0.2, -0.15) is 4.98 Å². The van der Waals surface area contributed by atoms with Gasteiger partial charge < -0.3 is 4.74 Å². The van der Waals surface area contributed by atoms with Gasteiger partial charge in [-0.3, -0.25) is 18.9 Å². The zero-order valence-corrected chi connectivity index (χ0v) is 21.2. The van der Waals surface area contributed by atoms with E-state index in [1.807, 2.05) is 44.2 Å². The van der Waals surface area contributed by atoms with Crippen LogP contribution in [-0.2, 0) is 4.79 Å². The summed E-state index contributed by atoms with van der Waals surface area (Å²) in [5.74, 6) is 0.558. The number of thioether (sulfide) groups is 1. The van der Waals surface area contributed by atoms with Gasteiger partial charge in [-0.05, 0) is 55.7 Å². The highest BCUT2D eigenvalue weighted by Gasteiger charge is 2.32. The summed E-state index contributed by atoms with van der Waals surface area (Å²) in [6.07, 6.45) is 7.44. The molecule has 176 valence electrons. The van der Waals surface area contributed by atoms with E-state index in [1.165, 1.54) is 16.2 Å². The van der Waals surface area contributed by atoms with Gasteiger partial charge >= 0.3 is 0 Å². The van der Waals surface area contributed by atoms with Crippen molar-refractivity contribution in [2.45, 2.75) is 46.5 Å². The molecule has 0 saturated carbocycles. The van der Waals surface area contributed by atoms with Crippen molar-refractivity contribution in [3.8, 4) is 11.6 Å². The van der Waals surface area contributed by atoms with Gasteiger partial charge in [0.15, 0.2) is 0 Å². The van der Waals surface area contributed by atoms with Crippen LogP contribution in [-0.4, -0.2) is 31.1 Å². The Labute approximate surface area is 208 Å². The summed E-state index contributed by atoms with van der Waals surface area (Å²) in [4.78, 5) is 33.3. The molecule has 0 aliphatic carbocycles. The number of aryl methyl sites for hydroxylation is 2. The molecule has 8 heteroatoms. The SMILES string of the molecule is CCCCCCN1C(=O)/C(=C\c2c(Oc3cccc(C)c3)nc3c(C)cccn3c2=O)SC1=S. The molecule has 2 aromatic heterocycles. The van der Waals surface area contributed by atoms with E-state index in [2.05, 4.69) is 11.9 Å². The number of aromatic nitrogens is 2. The molecule has 1 amide bonds. The van der Waals surface area contributed by atoms with Crippen molar-refractivity contribution < 1.29 is 9.53 Å². The maximum Gasteiger partial charge on any atom is 0.269 e. The van der Waals surface area contributed by atoms with Crippen LogP contribution in [0, 0.1) is 13.8 Å². The molecular formula is C26H27N3O3S2. The van der Waals surface area contributed by atoms with Crippen molar-refractivity contribution in [2.75, 3.05) is 6.54 Å². The number of pyridine rings is 1. The fraction of sp³-hybridized carbons (Fsp3) is 0.308. The van der Waals surface area contributed by atoms with Crippen LogP contribution >= 0.6 is 24.0 Å². The number of hydrogen-bond donors (Lipinski definition) is 0. The van der Waals surface area contributed by atoms with Crippen molar-refractivity contribution in [3.63, 3.8) is 0 Å². The van der Waals surface area contributed by atoms with E-state index in [4.69, 9.17) is 17.0 Å². The summed E-state index contributed by atoms with van der Waals surface area (Å²) < 4.78 is 8.08. The van der Waals surface area contributed by atoms with Crippen molar-refractivity contribution >= 4 is 45.9 Å². The lowest BCUT2D eigenvalue weighted by Gasteiger charge is -2.14. The molecule has 0 bridgehead atoms. The molecule has 0 atom stereocenters. The molecule has 0 N–H and O–H groups in total. The molecule has 1 aromatic carbocycles. The van der Waals surface area contributed by atoms with E-state index in [0.717, 1.165) is 36.8 Å². The normalized spacial score (nSPS) is 15.0. The Hall–Kier alpha value is -2.97. The van der Waals surface area contributed by atoms with E-state index in [-0.39, 0.29) is 22.9 Å². The molecule has 3 heterocycles. The zero-order chi connectivity index (χ0) is 24.2. The number of nitrogens with zero attached hydrogens (tertiary/aromatic N) is 3. The van der Waals surface area contributed by atoms with Crippen molar-refractivity contribution in [1.82, 2.24) is 14.3 Å². The Kier molecular flexibility index (Phi) is 7.48. The second kappa shape index (κ2) is 10.5. The first-order valence-corrected chi connectivity index (χ1v) is 12.6. The average molecular weight is 494 g/mol. The lowest BCUT2D eigenvalue weighted by atomic mass is 10.2. The number of hydrogen-bond acceptors (Lipinski definition) is 6. The first-order chi connectivity index (χ1) is 16.4. The second-order valence-electron chi connectivity index (χ2n) is 8.33. The van der Waals surface area contributed by atoms with E-state index < -0.39 is 0 Å². The van der Waals surface area contributed by atoms with Gasteiger partial charge in [0.25, 0.3) is 11.5 Å². The molecule has 1 fully saturated rings. The Balaban J connectivity index is 1.76. The highest BCUT2D eigenvalue weighted by Crippen LogP contribution is 2.34. The molecule has 4 rings (SSSR count). The number of rotatable bonds is 8. The van der Waals surface area contributed by atoms with Crippen LogP contribution in [0.5, 0.6) is 11.6 Å². The Morgan fingerprint density at radius 1 is 1.12 bits per heavy atom. The van der Waals surface area contributed by atoms with E-state index in [0.29, 0.717) is 27.2 Å². The summed E-state index contributed by atoms with van der Waals surface area (Å²) in [5.41, 5.74) is 2.30. The molecule has 1 saturated heterocycles. The van der Waals surface area contributed by atoms with E-state index in [1.54, 1.807) is 23.2 Å². The summed E-state index contributed by atoms with van der Waals surface area (Å²) >= 11 is 6.68. The highest BCUT2D eigenvalue weighted by atomic mass is 32.2. The zero-order valence-electron chi connectivity index (χ0n) is 19.5. The third-order valence-electron chi connectivity index (χ3n) is 5.64. The van der Waals surface area contributed by atoms with Crippen molar-refractivity contribution in [3.05, 3.63) is 74.5 Å². The predicted molar refractivity (Wildman–Crippen MR) is 141 cm³/mol. The fourth-order valence-electron chi connectivity index (χ4n) is 3.80. The number of ether oxygens (including phenoxy) is 1. The molecule has 34 heavy (non-hydrogen) atoms. The Morgan fingerprint density at radius 2 is 1.94 bits per heavy atom. The van der Waals surface area contributed by atoms with E-state index >= 15 is 0 Å². The van der Waals surface area contributed by atoms with Gasteiger partial charge in [0.1, 0.15) is 21.3 Å². The third-order valence-corrected chi connectivity index (χ3v) is 7.02. The number of carbonyl (C=O) groups is 1. The Morgan fingerprint density at radius 3 is 2.71 bits per heavy atom. The minimum absolute atomic E-state index is 0.165. The first-order valence-electron chi connectivity index (χ1n) is 11.4. The molecular weight excluding hydrogens is 466 g/mol. The predicted octanol–water partition coefficient (Wildman–Crippen LogP) is 5.89. The van der Waals surface area contributed by atoms with Gasteiger partial charge in [0.2, 0.25) is 5.88 Å². The van der Waals surface area contributed by atoms with Crippen LogP contribution in [0.1, 0.15) is 49.3 Å². The summed E-state index contributed by atoms with van der Waals surface area (Å²) in [5, 5.41) is 0. The van der Waals surface area contributed by atoms with Crippen molar-refractivity contribution in [2.24, 2.45) is 0 Å². The lowest BCUT2D eigenvalue weighted by molar-refractivity contribution is -0.122. The number of unbranched alkanes of at least 4 members (excludes halogenated alkanes) is 3. The molecule has 0 spiro atoms. The number of thiocarbonyl (C=S) groups is 1. The maximum absolute atomic E-state index is 13.5. The second-order valence-corrected chi connectivity index (χ2v) is 10.0. The van der Waals surface area contributed by atoms with Crippen LogP contribution < -0.4 is 10.3 Å². The Bertz CT molecular complexity index is 1350. The molecule has 0 unspecified atom stereocenters. The summed E-state index contributed by atoms with van der Waals surface area (Å²) in [6.45, 7) is 6.59. The van der Waals surface area contributed by atoms with Crippen LogP contribution in [0.3, 0.4) is 0 Å². The first kappa shape index (κ1) is 24.2. The number of benzene rings is 1. The summed E-state index contributed by atoms with van der Waals surface area (Å²) in [6, 6.07) is 11.2. The van der Waals surface area contributed by atoms with Gasteiger partial charge in [-0.1, -0.05) is 68.4 Å². The maximum atomic E-state index is 13.5. The minimum Gasteiger partial charge on any atom is -0.438 e. The van der Waals surface area contributed by atoms with Gasteiger partial charge in [-0.25, -0.2) is 0 Å². The molecule has 6 nitrogen and oxygen atoms in total. The molecule has 0 radical (unpaired) electrons. The van der Waals surface area contributed by atoms with Crippen molar-refractivity contribution in [1.29, 1.82) is 0 Å². The fourth-order valence-corrected chi connectivity index (χ4v) is 5.09. The van der Waals surface area contributed by atoms with E-state index in [9.17, 15) is 9.59 Å². The highest BCUT2D eigenvalue weighted by molar-refractivity contribution is 8.26. The number of carbonyl (C=O) groups excluding carboxylic acids is 1. The number of amides is 1. The summed E-state index contributed by atoms with van der Waals surface area (Å²) in [7, 11) is 0. The monoisotopic (exact) mass is 493 g/mol. The molecule has 3 aromatic rings. The van der Waals surface area contributed by atoms with Gasteiger partial charge in [0.05, 0.1) is 4.91 Å². The smallest absolute Gasteiger partial charge is 0.269 e. The molecule has 1 aliphatic heterocycles. The van der Waals surface area contributed by atoms with Gasteiger partial charge in [0, 0.05) is 12.7 Å². The standard InChI is InChI=1S/C26H27N3O3S2/c1-4-5-6-7-13-29-25(31)21(34-26(29)33)16-20-23(32-19-12-8-10-17(2)15-19)27-22-18(3)11-9-14-28(22)24(20)30/h8-12,14-16H,4-7,13H2,1-3H3/b21-16+. The quantitative estimate of drug-likeness (QED) is 0.222. The van der Waals surface area contributed by atoms with Crippen LogP contribution in [0.4, 0.5) is 0 Å². The van der Waals surface area contributed by atoms with Crippen LogP contribution in [0.2, 0.25) is 0 Å².